The van der Waals surface area contributed by atoms with Gasteiger partial charge in [0.05, 0.1) is 6.04 Å². The Hall–Kier alpha value is -1.89. The molecular formula is C17H26N4O3. The number of ether oxygens (including phenoxy) is 1. The zero-order valence-electron chi connectivity index (χ0n) is 13.9. The van der Waals surface area contributed by atoms with E-state index in [1.807, 2.05) is 4.68 Å². The maximum Gasteiger partial charge on any atom is 0.269 e. The minimum Gasteiger partial charge on any atom is -0.381 e. The lowest BCUT2D eigenvalue weighted by molar-refractivity contribution is -0.119. The molecule has 2 amide bonds. The molecular weight excluding hydrogens is 308 g/mol. The Balaban J connectivity index is 1.61. The largest absolute Gasteiger partial charge is 0.381 e. The van der Waals surface area contributed by atoms with E-state index in [9.17, 15) is 9.59 Å². The molecule has 1 aliphatic heterocycles. The van der Waals surface area contributed by atoms with Gasteiger partial charge in [0, 0.05) is 31.9 Å². The van der Waals surface area contributed by atoms with E-state index in [-0.39, 0.29) is 29.8 Å². The molecule has 2 aliphatic rings. The lowest BCUT2D eigenvalue weighted by Crippen LogP contribution is -2.40. The van der Waals surface area contributed by atoms with E-state index in [1.165, 1.54) is 0 Å². The summed E-state index contributed by atoms with van der Waals surface area (Å²) < 4.78 is 7.22. The molecule has 1 saturated carbocycles. The second-order valence-corrected chi connectivity index (χ2v) is 6.88. The van der Waals surface area contributed by atoms with Crippen molar-refractivity contribution in [3.8, 4) is 0 Å². The Labute approximate surface area is 141 Å². The number of carbonyl (C=O) groups excluding carboxylic acids is 2. The van der Waals surface area contributed by atoms with Crippen molar-refractivity contribution in [1.82, 2.24) is 15.1 Å². The quantitative estimate of drug-likeness (QED) is 0.850. The number of rotatable bonds is 5. The summed E-state index contributed by atoms with van der Waals surface area (Å²) in [7, 11) is 0. The fourth-order valence-electron chi connectivity index (χ4n) is 3.87. The summed E-state index contributed by atoms with van der Waals surface area (Å²) in [5.41, 5.74) is 5.91. The van der Waals surface area contributed by atoms with Gasteiger partial charge in [-0.05, 0) is 44.1 Å². The SMILES string of the molecule is NC(=O)CC1CCCC(NC(=O)c2ccnn2C2CCOCC2)C1. The van der Waals surface area contributed by atoms with Crippen LogP contribution in [-0.4, -0.2) is 40.9 Å². The van der Waals surface area contributed by atoms with Gasteiger partial charge in [-0.25, -0.2) is 0 Å². The predicted molar refractivity (Wildman–Crippen MR) is 88.3 cm³/mol. The van der Waals surface area contributed by atoms with Crippen molar-refractivity contribution in [3.63, 3.8) is 0 Å². The molecule has 0 spiro atoms. The van der Waals surface area contributed by atoms with E-state index in [0.29, 0.717) is 25.3 Å². The number of aromatic nitrogens is 2. The van der Waals surface area contributed by atoms with Gasteiger partial charge < -0.3 is 15.8 Å². The summed E-state index contributed by atoms with van der Waals surface area (Å²) >= 11 is 0. The molecule has 7 heteroatoms. The van der Waals surface area contributed by atoms with E-state index in [1.54, 1.807) is 12.3 Å². The molecule has 2 unspecified atom stereocenters. The lowest BCUT2D eigenvalue weighted by atomic mass is 9.83. The van der Waals surface area contributed by atoms with E-state index < -0.39 is 0 Å². The van der Waals surface area contributed by atoms with Crippen LogP contribution in [0.1, 0.15) is 61.5 Å². The average Bonchev–Trinajstić information content (AvgIpc) is 3.05. The standard InChI is InChI=1S/C17H26N4O3/c18-16(22)11-12-2-1-3-13(10-12)20-17(23)15-4-7-19-21(15)14-5-8-24-9-6-14/h4,7,12-14H,1-3,5-6,8-11H2,(H2,18,22)(H,20,23). The lowest BCUT2D eigenvalue weighted by Gasteiger charge is -2.29. The van der Waals surface area contributed by atoms with Crippen LogP contribution in [0.4, 0.5) is 0 Å². The summed E-state index contributed by atoms with van der Waals surface area (Å²) in [5, 5.41) is 7.47. The van der Waals surface area contributed by atoms with Crippen molar-refractivity contribution in [2.75, 3.05) is 13.2 Å². The highest BCUT2D eigenvalue weighted by Gasteiger charge is 2.27. The van der Waals surface area contributed by atoms with Crippen LogP contribution in [-0.2, 0) is 9.53 Å². The highest BCUT2D eigenvalue weighted by atomic mass is 16.5. The van der Waals surface area contributed by atoms with E-state index in [4.69, 9.17) is 10.5 Å². The van der Waals surface area contributed by atoms with E-state index in [0.717, 1.165) is 38.5 Å². The van der Waals surface area contributed by atoms with Gasteiger partial charge in [0.2, 0.25) is 5.91 Å². The first-order chi connectivity index (χ1) is 11.6. The number of hydrogen-bond acceptors (Lipinski definition) is 4. The highest BCUT2D eigenvalue weighted by Crippen LogP contribution is 2.27. The minimum atomic E-state index is -0.260. The normalized spacial score (nSPS) is 25.3. The Morgan fingerprint density at radius 2 is 2.08 bits per heavy atom. The molecule has 0 radical (unpaired) electrons. The second kappa shape index (κ2) is 7.79. The van der Waals surface area contributed by atoms with Gasteiger partial charge in [-0.2, -0.15) is 5.10 Å². The van der Waals surface area contributed by atoms with Crippen LogP contribution >= 0.6 is 0 Å². The van der Waals surface area contributed by atoms with Crippen molar-refractivity contribution in [3.05, 3.63) is 18.0 Å². The van der Waals surface area contributed by atoms with Crippen LogP contribution in [0.2, 0.25) is 0 Å². The van der Waals surface area contributed by atoms with Gasteiger partial charge in [-0.1, -0.05) is 6.42 Å². The molecule has 1 aromatic heterocycles. The third-order valence-electron chi connectivity index (χ3n) is 5.05. The molecule has 1 aliphatic carbocycles. The summed E-state index contributed by atoms with van der Waals surface area (Å²) in [4.78, 5) is 23.8. The molecule has 24 heavy (non-hydrogen) atoms. The highest BCUT2D eigenvalue weighted by molar-refractivity contribution is 5.92. The molecule has 0 bridgehead atoms. The first kappa shape index (κ1) is 17.0. The Kier molecular flexibility index (Phi) is 5.50. The fraction of sp³-hybridized carbons (Fsp3) is 0.706. The van der Waals surface area contributed by atoms with Crippen LogP contribution < -0.4 is 11.1 Å². The van der Waals surface area contributed by atoms with Crippen molar-refractivity contribution in [2.45, 2.75) is 57.0 Å². The Bertz CT molecular complexity index is 580. The molecule has 3 rings (SSSR count). The van der Waals surface area contributed by atoms with Crippen LogP contribution in [0.25, 0.3) is 0 Å². The number of amides is 2. The number of hydrogen-bond donors (Lipinski definition) is 2. The third-order valence-corrected chi connectivity index (χ3v) is 5.05. The number of nitrogens with zero attached hydrogens (tertiary/aromatic N) is 2. The molecule has 0 aromatic carbocycles. The monoisotopic (exact) mass is 334 g/mol. The molecule has 2 heterocycles. The molecule has 2 atom stereocenters. The minimum absolute atomic E-state index is 0.0799. The maximum atomic E-state index is 12.7. The number of carbonyl (C=O) groups is 2. The summed E-state index contributed by atoms with van der Waals surface area (Å²) in [5.74, 6) is -0.0600. The van der Waals surface area contributed by atoms with Gasteiger partial charge in [-0.15, -0.1) is 0 Å². The zero-order chi connectivity index (χ0) is 16.9. The predicted octanol–water partition coefficient (Wildman–Crippen LogP) is 1.40. The van der Waals surface area contributed by atoms with E-state index >= 15 is 0 Å². The smallest absolute Gasteiger partial charge is 0.269 e. The van der Waals surface area contributed by atoms with Crippen molar-refractivity contribution in [2.24, 2.45) is 11.7 Å². The van der Waals surface area contributed by atoms with Crippen LogP contribution in [0.3, 0.4) is 0 Å². The van der Waals surface area contributed by atoms with Crippen molar-refractivity contribution >= 4 is 11.8 Å². The maximum absolute atomic E-state index is 12.7. The fourth-order valence-corrected chi connectivity index (χ4v) is 3.87. The van der Waals surface area contributed by atoms with Gasteiger partial charge >= 0.3 is 0 Å². The molecule has 1 aromatic rings. The van der Waals surface area contributed by atoms with Crippen LogP contribution in [0.5, 0.6) is 0 Å². The second-order valence-electron chi connectivity index (χ2n) is 6.88. The van der Waals surface area contributed by atoms with Crippen molar-refractivity contribution < 1.29 is 14.3 Å². The molecule has 1 saturated heterocycles. The number of nitrogens with one attached hydrogen (secondary N) is 1. The van der Waals surface area contributed by atoms with Crippen LogP contribution in [0, 0.1) is 5.92 Å². The molecule has 2 fully saturated rings. The number of primary amides is 1. The van der Waals surface area contributed by atoms with Gasteiger partial charge in [-0.3, -0.25) is 14.3 Å². The molecule has 3 N–H and O–H groups in total. The van der Waals surface area contributed by atoms with Gasteiger partial charge in [0.1, 0.15) is 5.69 Å². The Morgan fingerprint density at radius 1 is 1.29 bits per heavy atom. The van der Waals surface area contributed by atoms with Gasteiger partial charge in [0.25, 0.3) is 5.91 Å². The number of nitrogens with two attached hydrogens (primary N) is 1. The summed E-state index contributed by atoms with van der Waals surface area (Å²) in [6.07, 6.45) is 7.65. The average molecular weight is 334 g/mol. The summed E-state index contributed by atoms with van der Waals surface area (Å²) in [6.45, 7) is 1.42. The van der Waals surface area contributed by atoms with Crippen molar-refractivity contribution in [1.29, 1.82) is 0 Å². The van der Waals surface area contributed by atoms with Crippen LogP contribution in [0.15, 0.2) is 12.3 Å². The summed E-state index contributed by atoms with van der Waals surface area (Å²) in [6, 6.07) is 2.10. The van der Waals surface area contributed by atoms with Gasteiger partial charge in [0.15, 0.2) is 0 Å². The Morgan fingerprint density at radius 3 is 2.83 bits per heavy atom. The molecule has 132 valence electrons. The van der Waals surface area contributed by atoms with E-state index in [2.05, 4.69) is 10.4 Å². The first-order valence-corrected chi connectivity index (χ1v) is 8.84. The third kappa shape index (κ3) is 4.14. The first-order valence-electron chi connectivity index (χ1n) is 8.84. The zero-order valence-corrected chi connectivity index (χ0v) is 13.9. The topological polar surface area (TPSA) is 99.2 Å². The molecule has 7 nitrogen and oxygen atoms in total.